The van der Waals surface area contributed by atoms with Gasteiger partial charge in [-0.15, -0.1) is 0 Å². The number of carboxylic acid groups (broad SMARTS) is 1. The summed E-state index contributed by atoms with van der Waals surface area (Å²) >= 11 is 3.49. The zero-order valence-electron chi connectivity index (χ0n) is 84.7. The molecule has 4 heterocycles. The summed E-state index contributed by atoms with van der Waals surface area (Å²) in [4.78, 5) is 71.6. The molecule has 16 rings (SSSR count). The number of hydrogen-bond donors (Lipinski definition) is 7. The van der Waals surface area contributed by atoms with Gasteiger partial charge in [0.1, 0.15) is 83.0 Å². The van der Waals surface area contributed by atoms with Crippen molar-refractivity contribution in [2.45, 2.75) is 179 Å². The molecule has 0 unspecified atom stereocenters. The number of nitrogens with two attached hydrogens (primary N) is 2. The standard InChI is InChI=1S/C32H35NO6.C31H32BrNO6.C27H27NO4.C25H23NO4.CH5BO2.Li.H2O/c1-6-36-29(34)18-25-11-10-21(2)14-28(25)38-20-23-16-26-12-13-37-30(26)27(17-23)24-9-7-8-22(15-24)19-33-31(35)39-32(3,4)5;1-5-36-28(34)16-23-9-10-25(32)17-27(23)38-19-21-14-24-11-12-37-29(24)26(15-21)22-8-6-7-20(13-22)18-33-30(35)39-31(2,3)4;1-3-30-26(29)15-22-8-7-18(2)11-25(22)32-17-20-13-23-9-10-31-27(23)24(14-20)21-6-4-5-19(12-21)16-28;1-16-5-6-20(13-24(27)28)23(9-16)30-15-18-11-21-7-8-29-25(21)22(12-18)19-4-2-3-17(10-19)14-26;1-2(3)4;;/h7-17H,6,18-20H2,1-5H3,(H,33,35);6-15,17H,5,16,18-19H2,1-4H3,(H,33,35);4-14H,3,15-17,28H2,1-2H3;2-12H,13-15,26H2,1H3,(H,27,28);3-4H,1H3;;1H2/q;;;;;+1;/p-1. The van der Waals surface area contributed by atoms with Gasteiger partial charge >= 0.3 is 62.0 Å². The number of carbonyl (C=O) groups is 6. The van der Waals surface area contributed by atoms with Crippen LogP contribution in [0.3, 0.4) is 0 Å². The van der Waals surface area contributed by atoms with Gasteiger partial charge in [0.05, 0.1) is 70.6 Å². The first kappa shape index (κ1) is 113. The fraction of sp³-hybridized carbons (Fsp3) is 0.259. The zero-order chi connectivity index (χ0) is 103. The van der Waals surface area contributed by atoms with Crippen molar-refractivity contribution in [3.63, 3.8) is 0 Å². The maximum absolute atomic E-state index is 12.1. The van der Waals surface area contributed by atoms with Gasteiger partial charge in [-0.3, -0.25) is 19.2 Å². The number of benzene rings is 12. The van der Waals surface area contributed by atoms with Crippen LogP contribution < -0.4 is 59.9 Å². The predicted octanol–water partition coefficient (Wildman–Crippen LogP) is 21.2. The minimum absolute atomic E-state index is 0. The van der Waals surface area contributed by atoms with Crippen LogP contribution in [0.4, 0.5) is 9.59 Å². The van der Waals surface area contributed by atoms with Gasteiger partial charge in [0.25, 0.3) is 0 Å². The van der Waals surface area contributed by atoms with Crippen molar-refractivity contribution in [1.29, 1.82) is 0 Å². The molecule has 0 fully saturated rings. The summed E-state index contributed by atoms with van der Waals surface area (Å²) in [5.74, 6) is 0.831. The zero-order valence-corrected chi connectivity index (χ0v) is 86.3. The van der Waals surface area contributed by atoms with Crippen LogP contribution >= 0.6 is 15.9 Å². The summed E-state index contributed by atoms with van der Waals surface area (Å²) in [6, 6.07) is 79.0. The Morgan fingerprint density at radius 1 is 0.363 bits per heavy atom. The van der Waals surface area contributed by atoms with Crippen molar-refractivity contribution in [1.82, 2.24) is 10.6 Å². The van der Waals surface area contributed by atoms with Crippen LogP contribution in [0.2, 0.25) is 6.82 Å². The van der Waals surface area contributed by atoms with E-state index >= 15 is 0 Å². The fourth-order valence-corrected chi connectivity index (χ4v) is 16.1. The molecule has 0 spiro atoms. The molecule has 27 nitrogen and oxygen atoms in total. The van der Waals surface area contributed by atoms with Crippen LogP contribution in [0.25, 0.3) is 88.4 Å². The second-order valence-electron chi connectivity index (χ2n) is 36.2. The molecule has 0 aliphatic carbocycles. The van der Waals surface area contributed by atoms with Crippen molar-refractivity contribution in [2.75, 3.05) is 19.8 Å². The largest absolute Gasteiger partial charge is 1.00 e. The minimum Gasteiger partial charge on any atom is -0.870 e. The van der Waals surface area contributed by atoms with E-state index in [0.717, 1.165) is 171 Å². The summed E-state index contributed by atoms with van der Waals surface area (Å²) in [6.45, 7) is 27.5. The molecule has 12 aromatic carbocycles. The molecule has 0 saturated carbocycles. The van der Waals surface area contributed by atoms with Crippen LogP contribution in [0.15, 0.2) is 290 Å². The number of hydrogen-bond acceptors (Lipinski definition) is 24. The van der Waals surface area contributed by atoms with Gasteiger partial charge in [0, 0.05) is 96.7 Å². The number of esters is 3. The quantitative estimate of drug-likeness (QED) is 0.0114. The van der Waals surface area contributed by atoms with Crippen LogP contribution in [-0.4, -0.2) is 94.8 Å². The number of rotatable bonds is 33. The molecule has 0 atom stereocenters. The van der Waals surface area contributed by atoms with Crippen molar-refractivity contribution >= 4 is 103 Å². The van der Waals surface area contributed by atoms with Crippen LogP contribution in [0.1, 0.15) is 146 Å². The fourth-order valence-electron chi connectivity index (χ4n) is 15.7. The first-order chi connectivity index (χ1) is 69.0. The molecule has 2 amide bonds. The van der Waals surface area contributed by atoms with Crippen LogP contribution in [0, 0.1) is 20.8 Å². The van der Waals surface area contributed by atoms with E-state index in [1.54, 1.807) is 45.8 Å². The van der Waals surface area contributed by atoms with Crippen LogP contribution in [-0.2, 0) is 121 Å². The van der Waals surface area contributed by atoms with E-state index in [1.807, 2.05) is 275 Å². The molecule has 0 bridgehead atoms. The number of aryl methyl sites for hydroxylation is 3. The Kier molecular flexibility index (Phi) is 42.2. The van der Waals surface area contributed by atoms with Gasteiger partial charge in [0.2, 0.25) is 0 Å². The van der Waals surface area contributed by atoms with Gasteiger partial charge in [-0.05, 0) is 301 Å². The van der Waals surface area contributed by atoms with Crippen molar-refractivity contribution in [3.05, 3.63) is 356 Å². The molecule has 146 heavy (non-hydrogen) atoms. The first-order valence-corrected chi connectivity index (χ1v) is 48.2. The molecule has 0 radical (unpaired) electrons. The van der Waals surface area contributed by atoms with E-state index < -0.39 is 36.5 Å². The monoisotopic (exact) mass is 2040 g/mol. The number of aliphatic carboxylic acids is 1. The predicted molar refractivity (Wildman–Crippen MR) is 564 cm³/mol. The third-order valence-corrected chi connectivity index (χ3v) is 22.6. The number of carboxylic acids is 1. The molecule has 0 aliphatic heterocycles. The summed E-state index contributed by atoms with van der Waals surface area (Å²) in [6.07, 6.45) is 6.18. The third kappa shape index (κ3) is 34.0. The van der Waals surface area contributed by atoms with E-state index in [4.69, 9.17) is 81.8 Å². The topological polar surface area (TPSA) is 405 Å². The second-order valence-corrected chi connectivity index (χ2v) is 37.2. The number of ether oxygens (including phenoxy) is 9. The molecule has 16 aromatic rings. The maximum atomic E-state index is 12.1. The Morgan fingerprint density at radius 3 is 0.904 bits per heavy atom. The Morgan fingerprint density at radius 2 is 0.630 bits per heavy atom. The summed E-state index contributed by atoms with van der Waals surface area (Å²) < 4.78 is 74.7. The van der Waals surface area contributed by atoms with Gasteiger partial charge in [-0.2, -0.15) is 0 Å². The van der Waals surface area contributed by atoms with Crippen molar-refractivity contribution in [2.24, 2.45) is 11.5 Å². The average molecular weight is 2040 g/mol. The Bertz CT molecular complexity index is 6910. The molecular formula is C116H123BBrLiN4O23. The Labute approximate surface area is 870 Å². The second kappa shape index (κ2) is 54.3. The van der Waals surface area contributed by atoms with Crippen molar-refractivity contribution in [3.8, 4) is 67.5 Å². The SMILES string of the molecule is CB(O)O.CCOC(=O)Cc1ccc(Br)cc1OCc1cc(-c2cccc(CNC(=O)OC(C)(C)C)c2)c2occc2c1.CCOC(=O)Cc1ccc(C)cc1OCc1cc(-c2cccc(CN)c2)c2occc2c1.CCOC(=O)Cc1ccc(C)cc1OCc1cc(-c2cccc(CNC(=O)OC(C)(C)C)c2)c2occc2c1.Cc1ccc(CC(=O)O)c(OCc2cc(-c3cccc(CN)c3)c3occc3c2)c1.[Li+].[OH-]. The average Bonchev–Trinajstić information content (AvgIpc) is 1.60. The summed E-state index contributed by atoms with van der Waals surface area (Å²) in [5, 5.41) is 33.9. The Hall–Kier alpha value is -14.6. The number of carbonyl (C=O) groups excluding carboxylic acids is 5. The van der Waals surface area contributed by atoms with Gasteiger partial charge in [-0.25, -0.2) is 9.59 Å². The van der Waals surface area contributed by atoms with Gasteiger partial charge < -0.3 is 103 Å². The van der Waals surface area contributed by atoms with E-state index in [9.17, 15) is 33.9 Å². The third-order valence-electron chi connectivity index (χ3n) is 22.1. The number of halogens is 1. The normalized spacial score (nSPS) is 10.9. The number of fused-ring (bicyclic) bond motifs is 4. The molecule has 10 N–H and O–H groups in total. The molecule has 4 aromatic heterocycles. The number of furan rings is 4. The molecular weight excluding hydrogens is 1910 g/mol. The summed E-state index contributed by atoms with van der Waals surface area (Å²) in [5.41, 5.74) is 35.5. The minimum atomic E-state index is -1.17. The smallest absolute Gasteiger partial charge is 0.870 e. The van der Waals surface area contributed by atoms with E-state index in [0.29, 0.717) is 101 Å². The van der Waals surface area contributed by atoms with E-state index in [1.165, 1.54) is 6.82 Å². The molecule has 0 aliphatic rings. The van der Waals surface area contributed by atoms with Gasteiger partial charge in [0.15, 0.2) is 0 Å². The van der Waals surface area contributed by atoms with E-state index in [-0.39, 0.29) is 67.9 Å². The Balaban J connectivity index is 0.000000197. The number of amides is 2. The maximum Gasteiger partial charge on any atom is 1.00 e. The van der Waals surface area contributed by atoms with Crippen LogP contribution in [0.5, 0.6) is 23.0 Å². The van der Waals surface area contributed by atoms with Crippen molar-refractivity contribution < 1.29 is 129 Å². The van der Waals surface area contributed by atoms with Gasteiger partial charge in [-0.1, -0.05) is 131 Å². The molecule has 30 heteroatoms. The molecule has 756 valence electrons. The summed E-state index contributed by atoms with van der Waals surface area (Å²) in [7, 11) is -1.17. The van der Waals surface area contributed by atoms with E-state index in [2.05, 4.69) is 56.9 Å². The first-order valence-electron chi connectivity index (χ1n) is 47.4. The number of alkyl carbamates (subject to hydrolysis) is 2. The molecule has 0 saturated heterocycles. The number of nitrogens with one attached hydrogen (secondary N) is 2.